The van der Waals surface area contributed by atoms with Gasteiger partial charge in [-0.2, -0.15) is 0 Å². The van der Waals surface area contributed by atoms with Crippen molar-refractivity contribution >= 4 is 35.8 Å². The van der Waals surface area contributed by atoms with Gasteiger partial charge in [-0.15, -0.1) is 0 Å². The normalized spacial score (nSPS) is 23.2. The van der Waals surface area contributed by atoms with Crippen molar-refractivity contribution in [3.8, 4) is 0 Å². The predicted octanol–water partition coefficient (Wildman–Crippen LogP) is 1.97. The number of ether oxygens (including phenoxy) is 5. The molecule has 2 saturated heterocycles. The summed E-state index contributed by atoms with van der Waals surface area (Å²) in [6.07, 6.45) is 1.06. The monoisotopic (exact) mass is 676 g/mol. The Kier molecular flexibility index (Phi) is 11.3. The first-order valence-electron chi connectivity index (χ1n) is 16.0. The Labute approximate surface area is 283 Å². The maximum Gasteiger partial charge on any atom is 0.348 e. The summed E-state index contributed by atoms with van der Waals surface area (Å²) in [6, 6.07) is 14.8. The van der Waals surface area contributed by atoms with Gasteiger partial charge in [-0.25, -0.2) is 14.4 Å². The van der Waals surface area contributed by atoms with Crippen LogP contribution in [0.4, 0.5) is 0 Å². The Balaban J connectivity index is 1.30. The highest BCUT2D eigenvalue weighted by Gasteiger charge is 2.46. The number of fused-ring (bicyclic) bond motifs is 1. The van der Waals surface area contributed by atoms with E-state index in [2.05, 4.69) is 5.32 Å². The first-order chi connectivity index (χ1) is 23.5. The fraction of sp³-hybridized carbons (Fsp3) is 0.417. The second-order valence-corrected chi connectivity index (χ2v) is 12.7. The fourth-order valence-corrected chi connectivity index (χ4v) is 5.90. The summed E-state index contributed by atoms with van der Waals surface area (Å²) in [6.45, 7) is 3.36. The van der Waals surface area contributed by atoms with E-state index in [4.69, 9.17) is 23.7 Å². The molecule has 5 atom stereocenters. The molecular formula is C36H40N2O11. The van der Waals surface area contributed by atoms with Crippen LogP contribution in [0.25, 0.3) is 6.08 Å². The number of cyclic esters (lactones) is 1. The van der Waals surface area contributed by atoms with Gasteiger partial charge in [0.15, 0.2) is 0 Å². The van der Waals surface area contributed by atoms with Crippen LogP contribution in [-0.4, -0.2) is 104 Å². The Hall–Kier alpha value is -4.85. The van der Waals surface area contributed by atoms with Gasteiger partial charge in [-0.05, 0) is 29.3 Å². The average Bonchev–Trinajstić information content (AvgIpc) is 3.68. The number of hydrogen-bond donors (Lipinski definition) is 2. The second kappa shape index (κ2) is 15.6. The molecule has 2 aliphatic heterocycles. The minimum atomic E-state index is -1.05. The Morgan fingerprint density at radius 1 is 1.06 bits per heavy atom. The third kappa shape index (κ3) is 8.42. The highest BCUT2D eigenvalue weighted by Crippen LogP contribution is 2.33. The number of carbonyl (C=O) groups excluding carboxylic acids is 5. The second-order valence-electron chi connectivity index (χ2n) is 12.7. The van der Waals surface area contributed by atoms with Gasteiger partial charge >= 0.3 is 17.9 Å². The van der Waals surface area contributed by atoms with E-state index in [0.717, 1.165) is 11.6 Å². The molecule has 2 amide bonds. The lowest BCUT2D eigenvalue weighted by molar-refractivity contribution is -0.159. The van der Waals surface area contributed by atoms with Crippen LogP contribution in [-0.2, 0) is 49.3 Å². The van der Waals surface area contributed by atoms with E-state index >= 15 is 0 Å². The number of amides is 2. The quantitative estimate of drug-likeness (QED) is 0.192. The van der Waals surface area contributed by atoms with E-state index in [-0.39, 0.29) is 50.5 Å². The first-order valence-corrected chi connectivity index (χ1v) is 16.0. The Bertz CT molecular complexity index is 1620. The third-order valence-electron chi connectivity index (χ3n) is 8.63. The zero-order valence-electron chi connectivity index (χ0n) is 27.5. The lowest BCUT2D eigenvalue weighted by atomic mass is 9.90. The zero-order valence-corrected chi connectivity index (χ0v) is 27.5. The number of esters is 3. The topological polar surface area (TPSA) is 167 Å². The molecular weight excluding hydrogens is 636 g/mol. The van der Waals surface area contributed by atoms with Crippen molar-refractivity contribution in [2.75, 3.05) is 33.6 Å². The lowest BCUT2D eigenvalue weighted by Gasteiger charge is -2.33. The number of nitrogens with zero attached hydrogens (tertiary/aromatic N) is 1. The number of aliphatic hydroxyl groups is 1. The minimum Gasteiger partial charge on any atom is -0.462 e. The summed E-state index contributed by atoms with van der Waals surface area (Å²) in [5.74, 6) is -2.99. The number of hydrogen-bond acceptors (Lipinski definition) is 11. The van der Waals surface area contributed by atoms with Crippen molar-refractivity contribution in [3.05, 3.63) is 89.0 Å². The molecule has 2 N–H and O–H groups in total. The van der Waals surface area contributed by atoms with Crippen LogP contribution in [0.2, 0.25) is 0 Å². The smallest absolute Gasteiger partial charge is 0.348 e. The van der Waals surface area contributed by atoms with Crippen molar-refractivity contribution < 1.29 is 52.8 Å². The van der Waals surface area contributed by atoms with Gasteiger partial charge in [-0.1, -0.05) is 62.4 Å². The van der Waals surface area contributed by atoms with Crippen molar-refractivity contribution in [1.82, 2.24) is 10.2 Å². The molecule has 0 spiro atoms. The number of likely N-dealkylation sites (N-methyl/N-ethyl adjacent to an activating group) is 1. The van der Waals surface area contributed by atoms with Gasteiger partial charge in [0.05, 0.1) is 12.2 Å². The van der Waals surface area contributed by atoms with Crippen LogP contribution in [0.1, 0.15) is 41.8 Å². The molecule has 2 aromatic carbocycles. The number of aliphatic hydroxyl groups excluding tert-OH is 1. The van der Waals surface area contributed by atoms with E-state index in [1.807, 2.05) is 30.3 Å². The van der Waals surface area contributed by atoms with Crippen LogP contribution in [0, 0.1) is 5.41 Å². The molecule has 260 valence electrons. The molecule has 2 aromatic rings. The number of carbonyl (C=O) groups is 5. The zero-order chi connectivity index (χ0) is 35.1. The van der Waals surface area contributed by atoms with Crippen LogP contribution < -0.4 is 5.32 Å². The third-order valence-corrected chi connectivity index (χ3v) is 8.63. The van der Waals surface area contributed by atoms with Crippen molar-refractivity contribution in [2.24, 2.45) is 5.41 Å². The van der Waals surface area contributed by atoms with Gasteiger partial charge in [0.2, 0.25) is 17.9 Å². The summed E-state index contributed by atoms with van der Waals surface area (Å²) in [5.41, 5.74) is 0.951. The summed E-state index contributed by atoms with van der Waals surface area (Å²) in [4.78, 5) is 66.6. The fourth-order valence-electron chi connectivity index (χ4n) is 5.90. The molecule has 2 heterocycles. The molecule has 13 nitrogen and oxygen atoms in total. The largest absolute Gasteiger partial charge is 0.462 e. The molecule has 3 aliphatic rings. The van der Waals surface area contributed by atoms with E-state index in [1.165, 1.54) is 24.1 Å². The molecule has 49 heavy (non-hydrogen) atoms. The van der Waals surface area contributed by atoms with Crippen molar-refractivity contribution in [2.45, 2.75) is 57.1 Å². The highest BCUT2D eigenvalue weighted by molar-refractivity contribution is 5.98. The molecule has 1 aliphatic carbocycles. The molecule has 0 aromatic heterocycles. The van der Waals surface area contributed by atoms with Gasteiger partial charge < -0.3 is 39.0 Å². The summed E-state index contributed by atoms with van der Waals surface area (Å²) in [7, 11) is 1.53. The van der Waals surface area contributed by atoms with Gasteiger partial charge in [0.25, 0.3) is 0 Å². The minimum absolute atomic E-state index is 0.00659. The standard InChI is InChI=1S/C36H40N2O11/c1-36(2)20-45-35(44)31(36)49-29(40)14-13-23-11-7-8-12-25(23)34(43)48-28-19-24(18-27-30(28)47-21-46-27)33(42)38(3)26(32(41)37-15-16-39)17-22-9-5-4-6-10-22/h4-14,18,26-28,30-31,39H,15-17,19-21H2,1-3H3,(H,37,41)/t26-,27-,28-,30-,31+/m1/s1. The molecule has 2 fully saturated rings. The van der Waals surface area contributed by atoms with Crippen molar-refractivity contribution in [3.63, 3.8) is 0 Å². The summed E-state index contributed by atoms with van der Waals surface area (Å²) < 4.78 is 27.7. The number of nitrogens with one attached hydrogen (secondary N) is 1. The van der Waals surface area contributed by atoms with E-state index in [0.29, 0.717) is 5.56 Å². The van der Waals surface area contributed by atoms with E-state index < -0.39 is 65.6 Å². The number of benzene rings is 2. The van der Waals surface area contributed by atoms with Crippen LogP contribution in [0.5, 0.6) is 0 Å². The van der Waals surface area contributed by atoms with Crippen LogP contribution in [0.3, 0.4) is 0 Å². The molecule has 5 rings (SSSR count). The molecule has 0 unspecified atom stereocenters. The van der Waals surface area contributed by atoms with Gasteiger partial charge in [0.1, 0.15) is 37.8 Å². The predicted molar refractivity (Wildman–Crippen MR) is 173 cm³/mol. The van der Waals surface area contributed by atoms with E-state index in [9.17, 15) is 29.1 Å². The Morgan fingerprint density at radius 3 is 2.51 bits per heavy atom. The summed E-state index contributed by atoms with van der Waals surface area (Å²) >= 11 is 0. The Morgan fingerprint density at radius 2 is 1.80 bits per heavy atom. The average molecular weight is 677 g/mol. The molecule has 0 radical (unpaired) electrons. The maximum atomic E-state index is 13.9. The maximum absolute atomic E-state index is 13.9. The SMILES string of the molecule is CN(C(=O)C1=C[C@H]2OCO[C@H]2[C@H](OC(=O)c2ccccc2C=CC(=O)O[C@H]2C(=O)OCC2(C)C)C1)[C@H](Cc1ccccc1)C(=O)NCCO. The number of rotatable bonds is 12. The van der Waals surface area contributed by atoms with Crippen LogP contribution in [0.15, 0.2) is 72.3 Å². The highest BCUT2D eigenvalue weighted by atomic mass is 16.7. The first kappa shape index (κ1) is 35.5. The lowest BCUT2D eigenvalue weighted by Crippen LogP contribution is -2.51. The molecule has 13 heteroatoms. The summed E-state index contributed by atoms with van der Waals surface area (Å²) in [5, 5.41) is 11.9. The molecule has 0 bridgehead atoms. The van der Waals surface area contributed by atoms with Gasteiger partial charge in [-0.3, -0.25) is 9.59 Å². The van der Waals surface area contributed by atoms with Crippen LogP contribution >= 0.6 is 0 Å². The van der Waals surface area contributed by atoms with Gasteiger partial charge in [0, 0.05) is 43.5 Å². The van der Waals surface area contributed by atoms with Crippen molar-refractivity contribution in [1.29, 1.82) is 0 Å². The van der Waals surface area contributed by atoms with E-state index in [1.54, 1.807) is 38.1 Å². The molecule has 0 saturated carbocycles.